The number of hydrogen-bond donors (Lipinski definition) is 1. The van der Waals surface area contributed by atoms with E-state index in [9.17, 15) is 4.79 Å². The first-order valence-electron chi connectivity index (χ1n) is 9.49. The highest BCUT2D eigenvalue weighted by Gasteiger charge is 2.14. The van der Waals surface area contributed by atoms with Crippen molar-refractivity contribution >= 4 is 34.3 Å². The lowest BCUT2D eigenvalue weighted by Gasteiger charge is -2.09. The normalized spacial score (nSPS) is 11.2. The molecule has 0 spiro atoms. The highest BCUT2D eigenvalue weighted by Crippen LogP contribution is 2.32. The summed E-state index contributed by atoms with van der Waals surface area (Å²) in [4.78, 5) is 17.2. The summed E-state index contributed by atoms with van der Waals surface area (Å²) in [6, 6.07) is 18.7. The van der Waals surface area contributed by atoms with E-state index in [2.05, 4.69) is 24.1 Å². The molecule has 0 aliphatic rings. The molecule has 1 amide bonds. The molecular formula is C24H21ClN2O2. The second-order valence-corrected chi connectivity index (χ2v) is 7.82. The van der Waals surface area contributed by atoms with Crippen LogP contribution < -0.4 is 5.32 Å². The fourth-order valence-corrected chi connectivity index (χ4v) is 3.34. The van der Waals surface area contributed by atoms with Crippen LogP contribution in [-0.2, 0) is 0 Å². The van der Waals surface area contributed by atoms with Gasteiger partial charge in [-0.15, -0.1) is 0 Å². The zero-order valence-electron chi connectivity index (χ0n) is 16.5. The molecule has 1 N–H and O–H groups in total. The van der Waals surface area contributed by atoms with Gasteiger partial charge < -0.3 is 9.73 Å². The molecule has 0 bridgehead atoms. The Balaban J connectivity index is 1.61. The summed E-state index contributed by atoms with van der Waals surface area (Å²) in [5.74, 6) is 0.667. The minimum absolute atomic E-state index is 0.179. The maximum absolute atomic E-state index is 12.6. The molecule has 4 nitrogen and oxygen atoms in total. The van der Waals surface area contributed by atoms with Crippen LogP contribution in [-0.4, -0.2) is 10.9 Å². The number of nitrogens with zero attached hydrogens (tertiary/aromatic N) is 1. The number of carbonyl (C=O) groups is 1. The average molecular weight is 405 g/mol. The van der Waals surface area contributed by atoms with Crippen molar-refractivity contribution in [2.45, 2.75) is 26.7 Å². The Morgan fingerprint density at radius 1 is 1.03 bits per heavy atom. The van der Waals surface area contributed by atoms with Crippen molar-refractivity contribution in [3.63, 3.8) is 0 Å². The van der Waals surface area contributed by atoms with E-state index in [4.69, 9.17) is 16.0 Å². The third-order valence-corrected chi connectivity index (χ3v) is 5.17. The molecular weight excluding hydrogens is 384 g/mol. The topological polar surface area (TPSA) is 55.1 Å². The van der Waals surface area contributed by atoms with Crippen LogP contribution in [0.15, 0.2) is 65.1 Å². The highest BCUT2D eigenvalue weighted by molar-refractivity contribution is 6.33. The van der Waals surface area contributed by atoms with Gasteiger partial charge in [-0.3, -0.25) is 4.79 Å². The highest BCUT2D eigenvalue weighted by atomic mass is 35.5. The fourth-order valence-electron chi connectivity index (χ4n) is 3.14. The summed E-state index contributed by atoms with van der Waals surface area (Å²) in [6.45, 7) is 6.25. The fraction of sp³-hybridized carbons (Fsp3) is 0.167. The molecule has 5 heteroatoms. The van der Waals surface area contributed by atoms with Crippen molar-refractivity contribution in [1.82, 2.24) is 4.98 Å². The summed E-state index contributed by atoms with van der Waals surface area (Å²) in [6.07, 6.45) is 0. The van der Waals surface area contributed by atoms with Gasteiger partial charge in [0.05, 0.1) is 10.6 Å². The number of anilines is 1. The zero-order chi connectivity index (χ0) is 20.5. The van der Waals surface area contributed by atoms with Gasteiger partial charge in [0.25, 0.3) is 5.91 Å². The van der Waals surface area contributed by atoms with Gasteiger partial charge in [0.1, 0.15) is 5.52 Å². The number of rotatable bonds is 4. The Morgan fingerprint density at radius 2 is 1.79 bits per heavy atom. The largest absolute Gasteiger partial charge is 0.436 e. The third-order valence-electron chi connectivity index (χ3n) is 4.84. The number of benzene rings is 3. The molecule has 3 aromatic carbocycles. The molecule has 1 heterocycles. The Morgan fingerprint density at radius 3 is 2.52 bits per heavy atom. The Kier molecular flexibility index (Phi) is 5.12. The molecule has 146 valence electrons. The molecule has 29 heavy (non-hydrogen) atoms. The SMILES string of the molecule is Cc1ccc2oc(-c3cc(NC(=O)c4ccc(C(C)C)cc4)ccc3Cl)nc2c1. The minimum atomic E-state index is -0.179. The number of nitrogens with one attached hydrogen (secondary N) is 1. The number of fused-ring (bicyclic) bond motifs is 1. The van der Waals surface area contributed by atoms with E-state index in [1.807, 2.05) is 49.4 Å². The second kappa shape index (κ2) is 7.72. The van der Waals surface area contributed by atoms with Crippen LogP contribution in [0.4, 0.5) is 5.69 Å². The number of hydrogen-bond acceptors (Lipinski definition) is 3. The van der Waals surface area contributed by atoms with Crippen LogP contribution in [0.2, 0.25) is 5.02 Å². The Bertz CT molecular complexity index is 1190. The zero-order valence-corrected chi connectivity index (χ0v) is 17.2. The van der Waals surface area contributed by atoms with Crippen LogP contribution in [0.1, 0.15) is 41.3 Å². The predicted octanol–water partition coefficient (Wildman–Crippen LogP) is 6.83. The molecule has 0 aliphatic carbocycles. The second-order valence-electron chi connectivity index (χ2n) is 7.42. The number of carbonyl (C=O) groups excluding carboxylic acids is 1. The first-order valence-corrected chi connectivity index (χ1v) is 9.87. The van der Waals surface area contributed by atoms with Crippen molar-refractivity contribution in [2.24, 2.45) is 0 Å². The Hall–Kier alpha value is -3.11. The Labute approximate surface area is 174 Å². The van der Waals surface area contributed by atoms with Gasteiger partial charge in [0.15, 0.2) is 5.58 Å². The summed E-state index contributed by atoms with van der Waals surface area (Å²) >= 11 is 6.38. The van der Waals surface area contributed by atoms with E-state index in [0.717, 1.165) is 11.1 Å². The quantitative estimate of drug-likeness (QED) is 0.405. The average Bonchev–Trinajstić information content (AvgIpc) is 3.12. The summed E-state index contributed by atoms with van der Waals surface area (Å²) in [7, 11) is 0. The van der Waals surface area contributed by atoms with E-state index in [1.165, 1.54) is 5.56 Å². The van der Waals surface area contributed by atoms with Crippen molar-refractivity contribution < 1.29 is 9.21 Å². The molecule has 4 aromatic rings. The van der Waals surface area contributed by atoms with E-state index >= 15 is 0 Å². The molecule has 0 saturated carbocycles. The van der Waals surface area contributed by atoms with Gasteiger partial charge in [-0.1, -0.05) is 43.6 Å². The van der Waals surface area contributed by atoms with Crippen molar-refractivity contribution in [3.05, 3.63) is 82.4 Å². The molecule has 0 saturated heterocycles. The molecule has 0 aliphatic heterocycles. The van der Waals surface area contributed by atoms with Gasteiger partial charge in [-0.25, -0.2) is 4.98 Å². The van der Waals surface area contributed by atoms with Crippen LogP contribution in [0.3, 0.4) is 0 Å². The maximum Gasteiger partial charge on any atom is 0.255 e. The number of amides is 1. The van der Waals surface area contributed by atoms with Gasteiger partial charge in [0, 0.05) is 11.3 Å². The number of aryl methyl sites for hydroxylation is 1. The summed E-state index contributed by atoms with van der Waals surface area (Å²) in [5, 5.41) is 3.43. The molecule has 0 atom stereocenters. The molecule has 4 rings (SSSR count). The van der Waals surface area contributed by atoms with Crippen molar-refractivity contribution in [3.8, 4) is 11.5 Å². The van der Waals surface area contributed by atoms with Crippen LogP contribution in [0.5, 0.6) is 0 Å². The lowest BCUT2D eigenvalue weighted by atomic mass is 10.0. The van der Waals surface area contributed by atoms with Crippen molar-refractivity contribution in [2.75, 3.05) is 5.32 Å². The van der Waals surface area contributed by atoms with E-state index in [-0.39, 0.29) is 5.91 Å². The lowest BCUT2D eigenvalue weighted by Crippen LogP contribution is -2.12. The number of oxazole rings is 1. The molecule has 0 unspecified atom stereocenters. The van der Waals surface area contributed by atoms with E-state index < -0.39 is 0 Å². The smallest absolute Gasteiger partial charge is 0.255 e. The van der Waals surface area contributed by atoms with Gasteiger partial charge in [0.2, 0.25) is 5.89 Å². The van der Waals surface area contributed by atoms with Crippen LogP contribution >= 0.6 is 11.6 Å². The molecule has 1 aromatic heterocycles. The van der Waals surface area contributed by atoms with Gasteiger partial charge >= 0.3 is 0 Å². The van der Waals surface area contributed by atoms with Gasteiger partial charge in [-0.05, 0) is 66.4 Å². The monoisotopic (exact) mass is 404 g/mol. The number of halogens is 1. The number of aromatic nitrogens is 1. The van der Waals surface area contributed by atoms with Crippen LogP contribution in [0, 0.1) is 6.92 Å². The minimum Gasteiger partial charge on any atom is -0.436 e. The molecule has 0 fully saturated rings. The third kappa shape index (κ3) is 4.03. The van der Waals surface area contributed by atoms with E-state index in [0.29, 0.717) is 39.2 Å². The first kappa shape index (κ1) is 19.2. The van der Waals surface area contributed by atoms with Crippen LogP contribution in [0.25, 0.3) is 22.6 Å². The molecule has 0 radical (unpaired) electrons. The summed E-state index contributed by atoms with van der Waals surface area (Å²) < 4.78 is 5.86. The van der Waals surface area contributed by atoms with E-state index in [1.54, 1.807) is 18.2 Å². The standard InChI is InChI=1S/C24H21ClN2O2/c1-14(2)16-5-7-17(8-6-16)23(28)26-18-9-10-20(25)19(13-18)24-27-21-12-15(3)4-11-22(21)29-24/h4-14H,1-3H3,(H,26,28). The predicted molar refractivity (Wildman–Crippen MR) is 118 cm³/mol. The lowest BCUT2D eigenvalue weighted by molar-refractivity contribution is 0.102. The maximum atomic E-state index is 12.6. The first-order chi connectivity index (χ1) is 13.9. The van der Waals surface area contributed by atoms with Gasteiger partial charge in [-0.2, -0.15) is 0 Å². The summed E-state index contributed by atoms with van der Waals surface area (Å²) in [5.41, 5.74) is 5.63. The van der Waals surface area contributed by atoms with Crippen molar-refractivity contribution in [1.29, 1.82) is 0 Å².